The van der Waals surface area contributed by atoms with Crippen LogP contribution in [0.4, 0.5) is 8.78 Å². The minimum absolute atomic E-state index is 0.196. The van der Waals surface area contributed by atoms with E-state index in [9.17, 15) is 13.6 Å². The number of Topliss-reactive ketones (excluding diaryl/α,β-unsaturated/α-hetero) is 1. The normalized spacial score (nSPS) is 12.5. The fourth-order valence-corrected chi connectivity index (χ4v) is 2.17. The minimum Gasteiger partial charge on any atom is -0.384 e. The molecule has 0 aliphatic rings. The molecule has 1 aromatic rings. The molecular formula is C12H14F2O2S. The van der Waals surface area contributed by atoms with Gasteiger partial charge in [0.2, 0.25) is 0 Å². The van der Waals surface area contributed by atoms with Gasteiger partial charge in [-0.2, -0.15) is 0 Å². The molecule has 0 saturated heterocycles. The maximum Gasteiger partial charge on any atom is 0.175 e. The Kier molecular flexibility index (Phi) is 5.58. The summed E-state index contributed by atoms with van der Waals surface area (Å²) in [6.45, 7) is 2.30. The van der Waals surface area contributed by atoms with Gasteiger partial charge < -0.3 is 4.74 Å². The fraction of sp³-hybridized carbons (Fsp3) is 0.417. The highest BCUT2D eigenvalue weighted by Gasteiger charge is 2.16. The summed E-state index contributed by atoms with van der Waals surface area (Å²) >= 11 is 1.42. The van der Waals surface area contributed by atoms with E-state index in [0.29, 0.717) is 12.4 Å². The Hall–Kier alpha value is -0.940. The van der Waals surface area contributed by atoms with Gasteiger partial charge in [-0.25, -0.2) is 8.78 Å². The summed E-state index contributed by atoms with van der Waals surface area (Å²) in [5.41, 5.74) is 0.196. The van der Waals surface area contributed by atoms with Crippen molar-refractivity contribution in [1.82, 2.24) is 0 Å². The quantitative estimate of drug-likeness (QED) is 0.581. The summed E-state index contributed by atoms with van der Waals surface area (Å²) in [4.78, 5) is 11.9. The number of hydrogen-bond donors (Lipinski definition) is 0. The van der Waals surface area contributed by atoms with E-state index in [1.807, 2.05) is 0 Å². The Morgan fingerprint density at radius 3 is 2.71 bits per heavy atom. The van der Waals surface area contributed by atoms with E-state index in [1.54, 1.807) is 14.0 Å². The molecule has 1 unspecified atom stereocenters. The topological polar surface area (TPSA) is 26.3 Å². The molecule has 1 aromatic carbocycles. The van der Waals surface area contributed by atoms with Gasteiger partial charge in [-0.1, -0.05) is 0 Å². The Morgan fingerprint density at radius 1 is 1.41 bits per heavy atom. The molecule has 0 aliphatic heterocycles. The summed E-state index contributed by atoms with van der Waals surface area (Å²) in [7, 11) is 1.59. The molecule has 94 valence electrons. The van der Waals surface area contributed by atoms with E-state index >= 15 is 0 Å². The lowest BCUT2D eigenvalue weighted by molar-refractivity contribution is 0.0993. The zero-order valence-electron chi connectivity index (χ0n) is 9.70. The first-order valence-electron chi connectivity index (χ1n) is 5.16. The van der Waals surface area contributed by atoms with Crippen LogP contribution in [-0.2, 0) is 4.74 Å². The fourth-order valence-electron chi connectivity index (χ4n) is 1.27. The molecule has 0 fully saturated rings. The van der Waals surface area contributed by atoms with Gasteiger partial charge in [0.05, 0.1) is 11.9 Å². The van der Waals surface area contributed by atoms with Crippen molar-refractivity contribution in [3.05, 3.63) is 35.4 Å². The van der Waals surface area contributed by atoms with Gasteiger partial charge in [-0.05, 0) is 25.1 Å². The number of carbonyl (C=O) groups excluding carboxylic acids is 1. The lowest BCUT2D eigenvalue weighted by Gasteiger charge is -2.10. The number of rotatable bonds is 6. The van der Waals surface area contributed by atoms with Crippen molar-refractivity contribution in [3.63, 3.8) is 0 Å². The molecule has 0 aliphatic carbocycles. The summed E-state index contributed by atoms with van der Waals surface area (Å²) in [5.74, 6) is -1.45. The van der Waals surface area contributed by atoms with Crippen LogP contribution in [0.15, 0.2) is 18.2 Å². The molecule has 17 heavy (non-hydrogen) atoms. The highest BCUT2D eigenvalue weighted by atomic mass is 32.2. The second kappa shape index (κ2) is 6.71. The lowest BCUT2D eigenvalue weighted by Crippen LogP contribution is -2.15. The molecule has 0 amide bonds. The molecule has 0 bridgehead atoms. The van der Waals surface area contributed by atoms with E-state index in [-0.39, 0.29) is 16.6 Å². The number of hydrogen-bond acceptors (Lipinski definition) is 3. The van der Waals surface area contributed by atoms with Crippen LogP contribution < -0.4 is 0 Å². The van der Waals surface area contributed by atoms with Gasteiger partial charge in [-0.15, -0.1) is 11.8 Å². The van der Waals surface area contributed by atoms with E-state index in [4.69, 9.17) is 4.74 Å². The number of ketones is 1. The highest BCUT2D eigenvalue weighted by Crippen LogP contribution is 2.17. The van der Waals surface area contributed by atoms with Crippen molar-refractivity contribution in [2.24, 2.45) is 0 Å². The van der Waals surface area contributed by atoms with Crippen LogP contribution >= 0.6 is 11.8 Å². The third kappa shape index (κ3) is 4.09. The van der Waals surface area contributed by atoms with Crippen molar-refractivity contribution in [2.75, 3.05) is 19.5 Å². The van der Waals surface area contributed by atoms with Gasteiger partial charge in [0, 0.05) is 18.4 Å². The number of benzene rings is 1. The minimum atomic E-state index is -0.995. The summed E-state index contributed by atoms with van der Waals surface area (Å²) in [6, 6.07) is 3.20. The van der Waals surface area contributed by atoms with Crippen LogP contribution in [0.1, 0.15) is 17.3 Å². The van der Waals surface area contributed by atoms with Crippen LogP contribution in [0.2, 0.25) is 0 Å². The Morgan fingerprint density at radius 2 is 2.12 bits per heavy atom. The molecule has 1 atom stereocenters. The monoisotopic (exact) mass is 260 g/mol. The zero-order chi connectivity index (χ0) is 12.8. The average molecular weight is 260 g/mol. The maximum atomic E-state index is 13.0. The third-order valence-corrected chi connectivity index (χ3v) is 3.35. The van der Waals surface area contributed by atoms with E-state index in [1.165, 1.54) is 17.8 Å². The Labute approximate surface area is 103 Å². The van der Waals surface area contributed by atoms with Crippen molar-refractivity contribution >= 4 is 17.5 Å². The van der Waals surface area contributed by atoms with Crippen LogP contribution in [0.3, 0.4) is 0 Å². The van der Waals surface area contributed by atoms with E-state index in [0.717, 1.165) is 12.1 Å². The van der Waals surface area contributed by atoms with Gasteiger partial charge >= 0.3 is 0 Å². The predicted octanol–water partition coefficient (Wildman–Crippen LogP) is 2.92. The van der Waals surface area contributed by atoms with E-state index in [2.05, 4.69) is 0 Å². The number of thioether (sulfide) groups is 1. The average Bonchev–Trinajstić information content (AvgIpc) is 2.32. The van der Waals surface area contributed by atoms with Crippen molar-refractivity contribution in [3.8, 4) is 0 Å². The van der Waals surface area contributed by atoms with Crippen molar-refractivity contribution in [2.45, 2.75) is 12.2 Å². The van der Waals surface area contributed by atoms with Gasteiger partial charge in [0.15, 0.2) is 17.4 Å². The molecule has 5 heteroatoms. The van der Waals surface area contributed by atoms with Crippen LogP contribution in [0.5, 0.6) is 0 Å². The first-order valence-corrected chi connectivity index (χ1v) is 6.21. The standard InChI is InChI=1S/C12H14F2O2S/c1-8(17-6-5-16-2)12(15)9-3-4-10(13)11(14)7-9/h3-4,7-8H,5-6H2,1-2H3. The molecule has 0 N–H and O–H groups in total. The zero-order valence-corrected chi connectivity index (χ0v) is 10.5. The van der Waals surface area contributed by atoms with Gasteiger partial charge in [-0.3, -0.25) is 4.79 Å². The molecule has 0 saturated carbocycles. The molecule has 1 rings (SSSR count). The molecule has 0 spiro atoms. The number of halogens is 2. The van der Waals surface area contributed by atoms with Crippen molar-refractivity contribution < 1.29 is 18.3 Å². The van der Waals surface area contributed by atoms with Crippen LogP contribution in [-0.4, -0.2) is 30.5 Å². The SMILES string of the molecule is COCCSC(C)C(=O)c1ccc(F)c(F)c1. The lowest BCUT2D eigenvalue weighted by atomic mass is 10.1. The Bertz CT molecular complexity index is 396. The van der Waals surface area contributed by atoms with Crippen LogP contribution in [0, 0.1) is 11.6 Å². The Balaban J connectivity index is 2.65. The summed E-state index contributed by atoms with van der Waals surface area (Å²) in [6.07, 6.45) is 0. The highest BCUT2D eigenvalue weighted by molar-refractivity contribution is 8.00. The molecule has 0 heterocycles. The smallest absolute Gasteiger partial charge is 0.175 e. The molecular weight excluding hydrogens is 246 g/mol. The van der Waals surface area contributed by atoms with Gasteiger partial charge in [0.1, 0.15) is 0 Å². The predicted molar refractivity (Wildman–Crippen MR) is 64.5 cm³/mol. The maximum absolute atomic E-state index is 13.0. The summed E-state index contributed by atoms with van der Waals surface area (Å²) < 4.78 is 30.5. The first kappa shape index (κ1) is 14.1. The molecule has 0 radical (unpaired) electrons. The first-order chi connectivity index (χ1) is 8.06. The van der Waals surface area contributed by atoms with Gasteiger partial charge in [0.25, 0.3) is 0 Å². The number of methoxy groups -OCH3 is 1. The summed E-state index contributed by atoms with van der Waals surface area (Å²) in [5, 5.41) is -0.296. The number of carbonyl (C=O) groups is 1. The van der Waals surface area contributed by atoms with Crippen molar-refractivity contribution in [1.29, 1.82) is 0 Å². The molecule has 2 nitrogen and oxygen atoms in total. The second-order valence-electron chi connectivity index (χ2n) is 3.50. The third-order valence-electron chi connectivity index (χ3n) is 2.23. The largest absolute Gasteiger partial charge is 0.384 e. The van der Waals surface area contributed by atoms with E-state index < -0.39 is 11.6 Å². The van der Waals surface area contributed by atoms with Crippen LogP contribution in [0.25, 0.3) is 0 Å². The molecule has 0 aromatic heterocycles. The number of ether oxygens (including phenoxy) is 1. The second-order valence-corrected chi connectivity index (χ2v) is 4.95.